The van der Waals surface area contributed by atoms with Crippen LogP contribution in [0.4, 0.5) is 27.4 Å². The lowest BCUT2D eigenvalue weighted by atomic mass is 10.1. The van der Waals surface area contributed by atoms with Crippen molar-refractivity contribution in [3.8, 4) is 17.1 Å². The van der Waals surface area contributed by atoms with Crippen molar-refractivity contribution in [3.63, 3.8) is 0 Å². The van der Waals surface area contributed by atoms with Crippen molar-refractivity contribution in [2.45, 2.75) is 0 Å². The molecule has 0 atom stereocenters. The van der Waals surface area contributed by atoms with Crippen LogP contribution in [-0.4, -0.2) is 44.8 Å². The van der Waals surface area contributed by atoms with Crippen molar-refractivity contribution in [1.29, 1.82) is 0 Å². The van der Waals surface area contributed by atoms with E-state index in [1.54, 1.807) is 31.2 Å². The molecule has 0 fully saturated rings. The van der Waals surface area contributed by atoms with E-state index in [-0.39, 0.29) is 5.91 Å². The number of carbonyl (C=O) groups excluding carboxylic acids is 1. The number of hydrogen-bond acceptors (Lipinski definition) is 8. The van der Waals surface area contributed by atoms with Gasteiger partial charge in [0.25, 0.3) is 5.91 Å². The van der Waals surface area contributed by atoms with Crippen molar-refractivity contribution < 1.29 is 13.9 Å². The number of amides is 1. The zero-order valence-corrected chi connectivity index (χ0v) is 18.1. The minimum atomic E-state index is -0.444. The van der Waals surface area contributed by atoms with Gasteiger partial charge in [0, 0.05) is 26.4 Å². The summed E-state index contributed by atoms with van der Waals surface area (Å²) in [6, 6.07) is 9.92. The van der Waals surface area contributed by atoms with Gasteiger partial charge >= 0.3 is 0 Å². The second-order valence-electron chi connectivity index (χ2n) is 6.93. The minimum Gasteiger partial charge on any atom is -0.494 e. The van der Waals surface area contributed by atoms with Gasteiger partial charge in [-0.2, -0.15) is 5.10 Å². The maximum atomic E-state index is 13.2. The van der Waals surface area contributed by atoms with E-state index in [9.17, 15) is 9.18 Å². The Balaban J connectivity index is 1.73. The number of pyridine rings is 2. The third kappa shape index (κ3) is 4.71. The molecule has 33 heavy (non-hydrogen) atoms. The summed E-state index contributed by atoms with van der Waals surface area (Å²) < 4.78 is 20.4. The molecule has 3 aromatic heterocycles. The van der Waals surface area contributed by atoms with Crippen LogP contribution in [-0.2, 0) is 7.05 Å². The van der Waals surface area contributed by atoms with E-state index < -0.39 is 5.82 Å². The molecule has 4 aromatic rings. The van der Waals surface area contributed by atoms with Gasteiger partial charge in [0.2, 0.25) is 0 Å². The number of anilines is 4. The molecule has 0 bridgehead atoms. The molecular formula is C22H21FN8O2. The normalized spacial score (nSPS) is 10.5. The van der Waals surface area contributed by atoms with Crippen molar-refractivity contribution in [2.24, 2.45) is 7.05 Å². The SMILES string of the molecule is CNC(=O)c1cnc(Nc2ccc(F)cn2)cc1Nc1cccc(-c2ncn(C)n2)c1OC. The highest BCUT2D eigenvalue weighted by Crippen LogP contribution is 2.37. The number of para-hydroxylation sites is 1. The maximum absolute atomic E-state index is 13.2. The lowest BCUT2D eigenvalue weighted by Gasteiger charge is -2.17. The molecule has 0 spiro atoms. The lowest BCUT2D eigenvalue weighted by Crippen LogP contribution is -2.19. The summed E-state index contributed by atoms with van der Waals surface area (Å²) in [4.78, 5) is 25.0. The Bertz CT molecular complexity index is 1290. The standard InChI is InChI=1S/C22H21FN8O2/c1-24-22(32)15-11-26-19(29-18-8-7-13(23)10-25-18)9-17(15)28-16-6-4-5-14(20(16)33-3)21-27-12-31(2)30-21/h4-12H,1-3H3,(H,24,32)(H2,25,26,28,29). The monoisotopic (exact) mass is 448 g/mol. The summed E-state index contributed by atoms with van der Waals surface area (Å²) >= 11 is 0. The second-order valence-corrected chi connectivity index (χ2v) is 6.93. The predicted molar refractivity (Wildman–Crippen MR) is 121 cm³/mol. The van der Waals surface area contributed by atoms with Gasteiger partial charge in [-0.15, -0.1) is 0 Å². The van der Waals surface area contributed by atoms with Gasteiger partial charge in [0.05, 0.1) is 35.8 Å². The molecule has 3 N–H and O–H groups in total. The van der Waals surface area contributed by atoms with Crippen LogP contribution in [0.5, 0.6) is 5.75 Å². The molecule has 4 rings (SSSR count). The minimum absolute atomic E-state index is 0.318. The number of halogens is 1. The first-order valence-corrected chi connectivity index (χ1v) is 9.89. The molecule has 0 radical (unpaired) electrons. The van der Waals surface area contributed by atoms with E-state index in [4.69, 9.17) is 4.74 Å². The summed E-state index contributed by atoms with van der Waals surface area (Å²) in [5.41, 5.74) is 2.08. The number of hydrogen-bond donors (Lipinski definition) is 3. The number of carbonyl (C=O) groups is 1. The van der Waals surface area contributed by atoms with Gasteiger partial charge in [-0.1, -0.05) is 6.07 Å². The molecule has 0 aliphatic carbocycles. The first-order valence-electron chi connectivity index (χ1n) is 9.89. The number of nitrogens with one attached hydrogen (secondary N) is 3. The van der Waals surface area contributed by atoms with E-state index in [0.29, 0.717) is 45.7 Å². The van der Waals surface area contributed by atoms with E-state index in [1.165, 1.54) is 25.4 Å². The summed E-state index contributed by atoms with van der Waals surface area (Å²) in [6.45, 7) is 0. The van der Waals surface area contributed by atoms with E-state index in [1.807, 2.05) is 18.2 Å². The molecule has 0 unspecified atom stereocenters. The third-order valence-electron chi connectivity index (χ3n) is 4.69. The van der Waals surface area contributed by atoms with E-state index >= 15 is 0 Å². The third-order valence-corrected chi connectivity index (χ3v) is 4.69. The Morgan fingerprint density at radius 2 is 1.85 bits per heavy atom. The van der Waals surface area contributed by atoms with Crippen LogP contribution in [0.2, 0.25) is 0 Å². The van der Waals surface area contributed by atoms with Crippen LogP contribution in [0.3, 0.4) is 0 Å². The summed E-state index contributed by atoms with van der Waals surface area (Å²) in [7, 11) is 4.86. The fourth-order valence-corrected chi connectivity index (χ4v) is 3.16. The fraction of sp³-hybridized carbons (Fsp3) is 0.136. The first-order chi connectivity index (χ1) is 16.0. The topological polar surface area (TPSA) is 119 Å². The number of nitrogens with zero attached hydrogens (tertiary/aromatic N) is 5. The Hall–Kier alpha value is -4.54. The molecule has 0 saturated carbocycles. The first kappa shape index (κ1) is 21.7. The highest BCUT2D eigenvalue weighted by atomic mass is 19.1. The van der Waals surface area contributed by atoms with Crippen molar-refractivity contribution in [3.05, 3.63) is 66.5 Å². The van der Waals surface area contributed by atoms with Gasteiger partial charge in [-0.3, -0.25) is 9.48 Å². The van der Waals surface area contributed by atoms with Gasteiger partial charge < -0.3 is 20.7 Å². The Kier molecular flexibility index (Phi) is 6.11. The van der Waals surface area contributed by atoms with Crippen LogP contribution in [0.1, 0.15) is 10.4 Å². The Morgan fingerprint density at radius 1 is 1.03 bits per heavy atom. The second kappa shape index (κ2) is 9.30. The molecule has 1 amide bonds. The molecule has 11 heteroatoms. The molecule has 0 saturated heterocycles. The smallest absolute Gasteiger partial charge is 0.254 e. The Morgan fingerprint density at radius 3 is 2.52 bits per heavy atom. The van der Waals surface area contributed by atoms with Gasteiger partial charge in [-0.25, -0.2) is 19.3 Å². The average molecular weight is 448 g/mol. The fourth-order valence-electron chi connectivity index (χ4n) is 3.16. The zero-order valence-electron chi connectivity index (χ0n) is 18.1. The summed E-state index contributed by atoms with van der Waals surface area (Å²) in [6.07, 6.45) is 4.13. The highest BCUT2D eigenvalue weighted by molar-refractivity contribution is 6.00. The molecule has 0 aliphatic rings. The van der Waals surface area contributed by atoms with E-state index in [0.717, 1.165) is 6.20 Å². The largest absolute Gasteiger partial charge is 0.494 e. The van der Waals surface area contributed by atoms with Crippen molar-refractivity contribution >= 4 is 28.9 Å². The lowest BCUT2D eigenvalue weighted by molar-refractivity contribution is 0.0963. The summed E-state index contributed by atoms with van der Waals surface area (Å²) in [5.74, 6) is 1.06. The van der Waals surface area contributed by atoms with Gasteiger partial charge in [0.1, 0.15) is 23.8 Å². The molecule has 1 aromatic carbocycles. The zero-order chi connectivity index (χ0) is 23.4. The Labute approximate surface area is 188 Å². The number of aryl methyl sites for hydroxylation is 1. The molecular weight excluding hydrogens is 427 g/mol. The van der Waals surface area contributed by atoms with Gasteiger partial charge in [0.15, 0.2) is 11.6 Å². The maximum Gasteiger partial charge on any atom is 0.254 e. The van der Waals surface area contributed by atoms with Crippen LogP contribution < -0.4 is 20.7 Å². The summed E-state index contributed by atoms with van der Waals surface area (Å²) in [5, 5.41) is 13.2. The van der Waals surface area contributed by atoms with Crippen LogP contribution in [0.25, 0.3) is 11.4 Å². The number of rotatable bonds is 7. The molecule has 3 heterocycles. The van der Waals surface area contributed by atoms with Crippen LogP contribution in [0, 0.1) is 5.82 Å². The van der Waals surface area contributed by atoms with Crippen molar-refractivity contribution in [1.82, 2.24) is 30.0 Å². The average Bonchev–Trinajstić information content (AvgIpc) is 3.26. The van der Waals surface area contributed by atoms with Crippen molar-refractivity contribution in [2.75, 3.05) is 24.8 Å². The van der Waals surface area contributed by atoms with Crippen LogP contribution in [0.15, 0.2) is 55.1 Å². The highest BCUT2D eigenvalue weighted by Gasteiger charge is 2.18. The van der Waals surface area contributed by atoms with Crippen LogP contribution >= 0.6 is 0 Å². The quantitative estimate of drug-likeness (QED) is 0.394. The predicted octanol–water partition coefficient (Wildman–Crippen LogP) is 3.27. The molecule has 10 nitrogen and oxygen atoms in total. The number of ether oxygens (including phenoxy) is 1. The van der Waals surface area contributed by atoms with E-state index in [2.05, 4.69) is 36.0 Å². The number of methoxy groups -OCH3 is 1. The number of aromatic nitrogens is 5. The number of benzene rings is 1. The molecule has 168 valence electrons. The molecule has 0 aliphatic heterocycles. The van der Waals surface area contributed by atoms with Gasteiger partial charge in [-0.05, 0) is 24.3 Å².